The smallest absolute Gasteiger partial charge is 0.419 e. The molecular weight excluding hydrogens is 291 g/mol. The second kappa shape index (κ2) is 4.74. The lowest BCUT2D eigenvalue weighted by Crippen LogP contribution is -2.38. The van der Waals surface area contributed by atoms with E-state index in [0.29, 0.717) is 25.2 Å². The molecule has 114 valence electrons. The van der Waals surface area contributed by atoms with Crippen molar-refractivity contribution in [1.29, 1.82) is 0 Å². The van der Waals surface area contributed by atoms with Crippen LogP contribution in [0.25, 0.3) is 0 Å². The summed E-state index contributed by atoms with van der Waals surface area (Å²) in [6.45, 7) is 0. The van der Waals surface area contributed by atoms with E-state index in [1.54, 1.807) is 0 Å². The molecule has 0 radical (unpaired) electrons. The molecule has 3 heterocycles. The molecule has 9 heteroatoms. The predicted octanol–water partition coefficient (Wildman–Crippen LogP) is 2.16. The van der Waals surface area contributed by atoms with Crippen LogP contribution in [0.5, 0.6) is 6.01 Å². The first-order valence-corrected chi connectivity index (χ1v) is 6.43. The van der Waals surface area contributed by atoms with Gasteiger partial charge in [0.1, 0.15) is 6.10 Å². The Morgan fingerprint density at radius 3 is 2.52 bits per heavy atom. The number of hydrogen-bond donors (Lipinski definition) is 1. The van der Waals surface area contributed by atoms with Gasteiger partial charge in [-0.25, -0.2) is 14.8 Å². The minimum absolute atomic E-state index is 0.0908. The van der Waals surface area contributed by atoms with Gasteiger partial charge in [0.05, 0.1) is 11.6 Å². The molecule has 2 aliphatic rings. The first-order chi connectivity index (χ1) is 9.86. The zero-order valence-corrected chi connectivity index (χ0v) is 10.7. The van der Waals surface area contributed by atoms with E-state index in [2.05, 4.69) is 9.97 Å². The van der Waals surface area contributed by atoms with E-state index in [1.165, 1.54) is 4.90 Å². The summed E-state index contributed by atoms with van der Waals surface area (Å²) in [5, 5.41) is 9.12. The van der Waals surface area contributed by atoms with Crippen LogP contribution >= 0.6 is 0 Å². The van der Waals surface area contributed by atoms with Gasteiger partial charge >= 0.3 is 18.3 Å². The number of aromatic nitrogens is 2. The largest absolute Gasteiger partial charge is 0.465 e. The van der Waals surface area contributed by atoms with Crippen molar-refractivity contribution >= 4 is 6.09 Å². The number of rotatable bonds is 2. The molecule has 2 fully saturated rings. The second-order valence-corrected chi connectivity index (χ2v) is 5.13. The van der Waals surface area contributed by atoms with Crippen LogP contribution in [-0.2, 0) is 6.18 Å². The molecule has 0 saturated carbocycles. The van der Waals surface area contributed by atoms with E-state index in [-0.39, 0.29) is 18.1 Å². The lowest BCUT2D eigenvalue weighted by Gasteiger charge is -2.22. The maximum Gasteiger partial charge on any atom is 0.419 e. The van der Waals surface area contributed by atoms with Crippen LogP contribution in [0.1, 0.15) is 24.8 Å². The van der Waals surface area contributed by atoms with E-state index in [1.807, 2.05) is 0 Å². The molecule has 3 rings (SSSR count). The number of ether oxygens (including phenoxy) is 1. The summed E-state index contributed by atoms with van der Waals surface area (Å²) >= 11 is 0. The molecular formula is C12H12F3N3O3. The maximum atomic E-state index is 12.4. The van der Waals surface area contributed by atoms with Gasteiger partial charge in [0.25, 0.3) is 0 Å². The number of carboxylic acid groups (broad SMARTS) is 1. The maximum absolute atomic E-state index is 12.4. The molecule has 1 amide bonds. The Morgan fingerprint density at radius 1 is 1.33 bits per heavy atom. The highest BCUT2D eigenvalue weighted by molar-refractivity contribution is 5.67. The number of fused-ring (bicyclic) bond motifs is 2. The minimum Gasteiger partial charge on any atom is -0.465 e. The SMILES string of the molecule is O=C(O)N1C2CCC1C(Oc1ncc(C(F)(F)F)cn1)C2. The summed E-state index contributed by atoms with van der Waals surface area (Å²) in [5.41, 5.74) is -0.949. The lowest BCUT2D eigenvalue weighted by atomic mass is 9.98. The Hall–Kier alpha value is -2.06. The third-order valence-electron chi connectivity index (χ3n) is 3.91. The van der Waals surface area contributed by atoms with Crippen LogP contribution in [0, 0.1) is 0 Å². The monoisotopic (exact) mass is 303 g/mol. The lowest BCUT2D eigenvalue weighted by molar-refractivity contribution is -0.138. The summed E-state index contributed by atoms with van der Waals surface area (Å²) in [4.78, 5) is 19.6. The van der Waals surface area contributed by atoms with Gasteiger partial charge in [-0.05, 0) is 12.8 Å². The quantitative estimate of drug-likeness (QED) is 0.906. The van der Waals surface area contributed by atoms with Gasteiger partial charge in [0.15, 0.2) is 0 Å². The Kier molecular flexibility index (Phi) is 3.14. The van der Waals surface area contributed by atoms with Crippen molar-refractivity contribution in [2.75, 3.05) is 0 Å². The number of nitrogens with zero attached hydrogens (tertiary/aromatic N) is 3. The zero-order valence-electron chi connectivity index (χ0n) is 10.7. The molecule has 1 N–H and O–H groups in total. The Balaban J connectivity index is 1.70. The van der Waals surface area contributed by atoms with Gasteiger partial charge in [0.2, 0.25) is 0 Å². The van der Waals surface area contributed by atoms with Crippen molar-refractivity contribution < 1.29 is 27.8 Å². The normalized spacial score (nSPS) is 28.0. The first-order valence-electron chi connectivity index (χ1n) is 6.43. The standard InChI is InChI=1S/C12H12F3N3O3/c13-12(14,15)6-4-16-10(17-5-6)21-9-3-7-1-2-8(9)18(7)11(19)20/h4-5,7-9H,1-3H2,(H,19,20). The molecule has 0 aromatic carbocycles. The molecule has 1 aromatic heterocycles. The van der Waals surface area contributed by atoms with Crippen molar-refractivity contribution in [2.24, 2.45) is 0 Å². The van der Waals surface area contributed by atoms with E-state index in [4.69, 9.17) is 9.84 Å². The Labute approximate surface area is 117 Å². The molecule has 1 aromatic rings. The number of hydrogen-bond acceptors (Lipinski definition) is 4. The van der Waals surface area contributed by atoms with Crippen molar-refractivity contribution in [2.45, 2.75) is 43.6 Å². The van der Waals surface area contributed by atoms with Gasteiger partial charge in [-0.3, -0.25) is 4.90 Å². The summed E-state index contributed by atoms with van der Waals surface area (Å²) < 4.78 is 42.6. The van der Waals surface area contributed by atoms with Crippen LogP contribution < -0.4 is 4.74 Å². The first kappa shape index (κ1) is 13.9. The Morgan fingerprint density at radius 2 is 2.00 bits per heavy atom. The van der Waals surface area contributed by atoms with Crippen molar-refractivity contribution in [3.05, 3.63) is 18.0 Å². The van der Waals surface area contributed by atoms with Gasteiger partial charge in [0, 0.05) is 24.9 Å². The molecule has 21 heavy (non-hydrogen) atoms. The fraction of sp³-hybridized carbons (Fsp3) is 0.583. The van der Waals surface area contributed by atoms with Crippen LogP contribution in [0.3, 0.4) is 0 Å². The van der Waals surface area contributed by atoms with Gasteiger partial charge in [-0.2, -0.15) is 13.2 Å². The molecule has 2 bridgehead atoms. The van der Waals surface area contributed by atoms with Crippen molar-refractivity contribution in [1.82, 2.24) is 14.9 Å². The molecule has 6 nitrogen and oxygen atoms in total. The number of halogens is 3. The van der Waals surface area contributed by atoms with E-state index in [9.17, 15) is 18.0 Å². The van der Waals surface area contributed by atoms with Gasteiger partial charge in [-0.1, -0.05) is 0 Å². The van der Waals surface area contributed by atoms with Crippen LogP contribution in [0.4, 0.5) is 18.0 Å². The van der Waals surface area contributed by atoms with Gasteiger partial charge in [-0.15, -0.1) is 0 Å². The molecule has 3 atom stereocenters. The predicted molar refractivity (Wildman–Crippen MR) is 62.7 cm³/mol. The average molecular weight is 303 g/mol. The molecule has 0 spiro atoms. The summed E-state index contributed by atoms with van der Waals surface area (Å²) in [7, 11) is 0. The minimum atomic E-state index is -4.49. The Bertz CT molecular complexity index is 549. The summed E-state index contributed by atoms with van der Waals surface area (Å²) in [6, 6.07) is -0.531. The molecule has 3 unspecified atom stereocenters. The van der Waals surface area contributed by atoms with Crippen molar-refractivity contribution in [3.8, 4) is 6.01 Å². The highest BCUT2D eigenvalue weighted by atomic mass is 19.4. The molecule has 2 saturated heterocycles. The third-order valence-corrected chi connectivity index (χ3v) is 3.91. The summed E-state index contributed by atoms with van der Waals surface area (Å²) in [6.07, 6.45) is -2.60. The summed E-state index contributed by atoms with van der Waals surface area (Å²) in [5.74, 6) is 0. The second-order valence-electron chi connectivity index (χ2n) is 5.13. The highest BCUT2D eigenvalue weighted by Gasteiger charge is 2.50. The fourth-order valence-corrected chi connectivity index (χ4v) is 3.02. The topological polar surface area (TPSA) is 75.5 Å². The molecule has 0 aliphatic carbocycles. The van der Waals surface area contributed by atoms with E-state index < -0.39 is 23.9 Å². The number of amides is 1. The third kappa shape index (κ3) is 2.47. The molecule has 2 aliphatic heterocycles. The zero-order chi connectivity index (χ0) is 15.2. The van der Waals surface area contributed by atoms with Crippen LogP contribution in [-0.4, -0.2) is 44.3 Å². The van der Waals surface area contributed by atoms with E-state index in [0.717, 1.165) is 6.42 Å². The highest BCUT2D eigenvalue weighted by Crippen LogP contribution is 2.39. The van der Waals surface area contributed by atoms with Crippen LogP contribution in [0.15, 0.2) is 12.4 Å². The van der Waals surface area contributed by atoms with Crippen LogP contribution in [0.2, 0.25) is 0 Å². The van der Waals surface area contributed by atoms with Crippen molar-refractivity contribution in [3.63, 3.8) is 0 Å². The average Bonchev–Trinajstić information content (AvgIpc) is 2.95. The fourth-order valence-electron chi connectivity index (χ4n) is 3.02. The van der Waals surface area contributed by atoms with E-state index >= 15 is 0 Å². The number of carbonyl (C=O) groups is 1. The van der Waals surface area contributed by atoms with Gasteiger partial charge < -0.3 is 9.84 Å². The number of alkyl halides is 3.